The minimum atomic E-state index is -0.858. The van der Waals surface area contributed by atoms with Gasteiger partial charge in [-0.05, 0) is 24.3 Å². The third-order valence-electron chi connectivity index (χ3n) is 3.13. The molecule has 1 aliphatic carbocycles. The maximum Gasteiger partial charge on any atom is 0.169 e. The van der Waals surface area contributed by atoms with Gasteiger partial charge in [0, 0.05) is 12.3 Å². The minimum absolute atomic E-state index is 0.0801. The van der Waals surface area contributed by atoms with Crippen molar-refractivity contribution in [3.63, 3.8) is 0 Å². The van der Waals surface area contributed by atoms with Gasteiger partial charge in [-0.3, -0.25) is 4.79 Å². The van der Waals surface area contributed by atoms with Crippen LogP contribution in [0.15, 0.2) is 42.2 Å². The van der Waals surface area contributed by atoms with Crippen molar-refractivity contribution in [3.05, 3.63) is 59.4 Å². The smallest absolute Gasteiger partial charge is 0.169 e. The van der Waals surface area contributed by atoms with Gasteiger partial charge < -0.3 is 4.74 Å². The Balaban J connectivity index is 2.20. The maximum absolute atomic E-state index is 13.5. The molecule has 1 aromatic carbocycles. The molecule has 0 radical (unpaired) electrons. The zero-order valence-electron chi connectivity index (χ0n) is 10.8. The first-order valence-corrected chi connectivity index (χ1v) is 6.52. The van der Waals surface area contributed by atoms with Crippen LogP contribution in [0, 0.1) is 17.6 Å². The standard InChI is InChI=1S/C15H13ClF2O2/c1-20-10-5-6-11(16)9(7-10)8-14(19)15-12(17)3-2-4-13(15)18/h2-7,9,11H,8H2,1H3. The third-order valence-corrected chi connectivity index (χ3v) is 3.60. The molecule has 2 unspecified atom stereocenters. The number of hydrogen-bond acceptors (Lipinski definition) is 2. The van der Waals surface area contributed by atoms with Gasteiger partial charge in [-0.15, -0.1) is 11.6 Å². The summed E-state index contributed by atoms with van der Waals surface area (Å²) in [6, 6.07) is 3.34. The van der Waals surface area contributed by atoms with Crippen LogP contribution < -0.4 is 0 Å². The van der Waals surface area contributed by atoms with E-state index in [1.807, 2.05) is 0 Å². The fraction of sp³-hybridized carbons (Fsp3) is 0.267. The lowest BCUT2D eigenvalue weighted by Gasteiger charge is -2.20. The Bertz CT molecular complexity index is 561. The fourth-order valence-corrected chi connectivity index (χ4v) is 2.31. The van der Waals surface area contributed by atoms with Gasteiger partial charge >= 0.3 is 0 Å². The lowest BCUT2D eigenvalue weighted by molar-refractivity contribution is 0.0960. The van der Waals surface area contributed by atoms with Crippen LogP contribution in [0.1, 0.15) is 16.8 Å². The van der Waals surface area contributed by atoms with Crippen molar-refractivity contribution >= 4 is 17.4 Å². The van der Waals surface area contributed by atoms with Crippen LogP contribution in [0.4, 0.5) is 8.78 Å². The second kappa shape index (κ2) is 6.18. The highest BCUT2D eigenvalue weighted by atomic mass is 35.5. The molecule has 2 rings (SSSR count). The second-order valence-corrected chi connectivity index (χ2v) is 4.97. The van der Waals surface area contributed by atoms with Gasteiger partial charge in [0.2, 0.25) is 0 Å². The van der Waals surface area contributed by atoms with Crippen molar-refractivity contribution in [1.82, 2.24) is 0 Å². The normalized spacial score (nSPS) is 21.5. The zero-order valence-corrected chi connectivity index (χ0v) is 11.5. The van der Waals surface area contributed by atoms with Crippen LogP contribution >= 0.6 is 11.6 Å². The average Bonchev–Trinajstić information content (AvgIpc) is 2.41. The third kappa shape index (κ3) is 3.07. The molecule has 0 saturated carbocycles. The van der Waals surface area contributed by atoms with E-state index >= 15 is 0 Å². The number of ether oxygens (including phenoxy) is 1. The topological polar surface area (TPSA) is 26.3 Å². The van der Waals surface area contributed by atoms with Crippen LogP contribution in [0.25, 0.3) is 0 Å². The van der Waals surface area contributed by atoms with Crippen LogP contribution in [0.2, 0.25) is 0 Å². The Labute approximate surface area is 120 Å². The predicted octanol–water partition coefficient (Wildman–Crippen LogP) is 3.86. The van der Waals surface area contributed by atoms with Gasteiger partial charge in [0.25, 0.3) is 0 Å². The number of benzene rings is 1. The van der Waals surface area contributed by atoms with Gasteiger partial charge in [0.1, 0.15) is 17.4 Å². The molecule has 0 fully saturated rings. The van der Waals surface area contributed by atoms with E-state index in [-0.39, 0.29) is 12.3 Å². The summed E-state index contributed by atoms with van der Waals surface area (Å²) in [6.07, 6.45) is 5.00. The molecule has 2 atom stereocenters. The molecule has 0 heterocycles. The van der Waals surface area contributed by atoms with Gasteiger partial charge in [0.05, 0.1) is 18.1 Å². The first-order valence-electron chi connectivity index (χ1n) is 6.08. The van der Waals surface area contributed by atoms with E-state index in [1.165, 1.54) is 13.2 Å². The number of hydrogen-bond donors (Lipinski definition) is 0. The molecule has 20 heavy (non-hydrogen) atoms. The number of methoxy groups -OCH3 is 1. The Morgan fingerprint density at radius 2 is 2.00 bits per heavy atom. The van der Waals surface area contributed by atoms with Crippen LogP contribution in [0.3, 0.4) is 0 Å². The molecule has 0 aromatic heterocycles. The highest BCUT2D eigenvalue weighted by Gasteiger charge is 2.25. The fourth-order valence-electron chi connectivity index (χ4n) is 2.08. The van der Waals surface area contributed by atoms with Gasteiger partial charge in [-0.2, -0.15) is 0 Å². The quantitative estimate of drug-likeness (QED) is 0.623. The van der Waals surface area contributed by atoms with Crippen molar-refractivity contribution in [2.24, 2.45) is 5.92 Å². The summed E-state index contributed by atoms with van der Waals surface area (Å²) in [5.74, 6) is -2.11. The molecule has 0 amide bonds. The van der Waals surface area contributed by atoms with Crippen molar-refractivity contribution in [2.45, 2.75) is 11.8 Å². The predicted molar refractivity (Wildman–Crippen MR) is 72.7 cm³/mol. The number of allylic oxidation sites excluding steroid dienone is 3. The minimum Gasteiger partial charge on any atom is -0.497 e. The van der Waals surface area contributed by atoms with E-state index in [9.17, 15) is 13.6 Å². The molecular formula is C15H13ClF2O2. The lowest BCUT2D eigenvalue weighted by Crippen LogP contribution is -2.19. The Morgan fingerprint density at radius 1 is 1.35 bits per heavy atom. The maximum atomic E-state index is 13.5. The summed E-state index contributed by atoms with van der Waals surface area (Å²) < 4.78 is 32.2. The van der Waals surface area contributed by atoms with Crippen molar-refractivity contribution < 1.29 is 18.3 Å². The van der Waals surface area contributed by atoms with Gasteiger partial charge in [-0.1, -0.05) is 12.1 Å². The highest BCUT2D eigenvalue weighted by molar-refractivity contribution is 6.22. The number of halogens is 3. The molecule has 5 heteroatoms. The van der Waals surface area contributed by atoms with E-state index in [0.29, 0.717) is 5.76 Å². The summed E-state index contributed by atoms with van der Waals surface area (Å²) in [5, 5.41) is -0.410. The van der Waals surface area contributed by atoms with Crippen LogP contribution in [0.5, 0.6) is 0 Å². The molecule has 0 aliphatic heterocycles. The lowest BCUT2D eigenvalue weighted by atomic mass is 9.91. The molecule has 0 bridgehead atoms. The van der Waals surface area contributed by atoms with E-state index in [4.69, 9.17) is 16.3 Å². The second-order valence-electron chi connectivity index (χ2n) is 4.46. The van der Waals surface area contributed by atoms with Crippen LogP contribution in [-0.2, 0) is 4.74 Å². The molecule has 1 aromatic rings. The number of alkyl halides is 1. The number of rotatable bonds is 4. The summed E-state index contributed by atoms with van der Waals surface area (Å²) in [4.78, 5) is 12.1. The molecule has 0 saturated heterocycles. The summed E-state index contributed by atoms with van der Waals surface area (Å²) >= 11 is 6.09. The summed E-state index contributed by atoms with van der Waals surface area (Å²) in [7, 11) is 1.50. The van der Waals surface area contributed by atoms with Gasteiger partial charge in [-0.25, -0.2) is 8.78 Å². The van der Waals surface area contributed by atoms with Crippen molar-refractivity contribution in [2.75, 3.05) is 7.11 Å². The monoisotopic (exact) mass is 298 g/mol. The average molecular weight is 299 g/mol. The Kier molecular flexibility index (Phi) is 4.55. The Morgan fingerprint density at radius 3 is 2.60 bits per heavy atom. The van der Waals surface area contributed by atoms with E-state index in [1.54, 1.807) is 18.2 Å². The number of ketones is 1. The SMILES string of the molecule is COC1=CC(CC(=O)c2c(F)cccc2F)C(Cl)C=C1. The Hall–Kier alpha value is -1.68. The number of carbonyl (C=O) groups excluding carboxylic acids is 1. The summed E-state index contributed by atoms with van der Waals surface area (Å²) in [6.45, 7) is 0. The van der Waals surface area contributed by atoms with Crippen LogP contribution in [-0.4, -0.2) is 18.3 Å². The molecule has 0 spiro atoms. The molecule has 0 N–H and O–H groups in total. The number of carbonyl (C=O) groups is 1. The van der Waals surface area contributed by atoms with Crippen molar-refractivity contribution in [1.29, 1.82) is 0 Å². The van der Waals surface area contributed by atoms with E-state index in [0.717, 1.165) is 12.1 Å². The van der Waals surface area contributed by atoms with E-state index < -0.39 is 28.4 Å². The molecule has 2 nitrogen and oxygen atoms in total. The first-order chi connectivity index (χ1) is 9.52. The highest BCUT2D eigenvalue weighted by Crippen LogP contribution is 2.27. The number of Topliss-reactive ketones (excluding diaryl/α,β-unsaturated/α-hetero) is 1. The molecule has 106 valence electrons. The zero-order chi connectivity index (χ0) is 14.7. The first kappa shape index (κ1) is 14.7. The van der Waals surface area contributed by atoms with Gasteiger partial charge in [0.15, 0.2) is 5.78 Å². The molecular weight excluding hydrogens is 286 g/mol. The molecule has 1 aliphatic rings. The van der Waals surface area contributed by atoms with E-state index in [2.05, 4.69) is 0 Å². The summed E-state index contributed by atoms with van der Waals surface area (Å²) in [5.41, 5.74) is -0.515. The largest absolute Gasteiger partial charge is 0.497 e. The van der Waals surface area contributed by atoms with Crippen molar-refractivity contribution in [3.8, 4) is 0 Å².